The Balaban J connectivity index is 2.06. The molecular weight excluding hydrogens is 246 g/mol. The maximum Gasteiger partial charge on any atom is 0.0769 e. The van der Waals surface area contributed by atoms with E-state index >= 15 is 0 Å². The molecule has 1 aliphatic carbocycles. The predicted molar refractivity (Wildman–Crippen MR) is 85.1 cm³/mol. The smallest absolute Gasteiger partial charge is 0.0769 e. The van der Waals surface area contributed by atoms with Gasteiger partial charge < -0.3 is 10.1 Å². The van der Waals surface area contributed by atoms with Crippen molar-refractivity contribution in [3.8, 4) is 0 Å². The molecule has 0 radical (unpaired) electrons. The van der Waals surface area contributed by atoms with Crippen LogP contribution in [0.2, 0.25) is 0 Å². The average Bonchev–Trinajstić information content (AvgIpc) is 2.64. The summed E-state index contributed by atoms with van der Waals surface area (Å²) in [5.41, 5.74) is 2.95. The standard InChI is InChI=1S/C18H29NO/c1-3-5-8-14-20-17-13-9-11-15-10-6-7-12-16(15)18(17)19-4-2/h6-7,10,12,17-19H,3-5,8-9,11,13-14H2,1-2H3. The molecule has 0 aromatic heterocycles. The van der Waals surface area contributed by atoms with Crippen LogP contribution in [0.4, 0.5) is 0 Å². The Labute approximate surface area is 123 Å². The van der Waals surface area contributed by atoms with Gasteiger partial charge in [0, 0.05) is 6.61 Å². The Hall–Kier alpha value is -0.860. The fourth-order valence-corrected chi connectivity index (χ4v) is 3.15. The lowest BCUT2D eigenvalue weighted by Crippen LogP contribution is -2.33. The molecule has 20 heavy (non-hydrogen) atoms. The second kappa shape index (κ2) is 8.43. The quantitative estimate of drug-likeness (QED) is 0.593. The van der Waals surface area contributed by atoms with Gasteiger partial charge in [-0.1, -0.05) is 51.0 Å². The van der Waals surface area contributed by atoms with Gasteiger partial charge in [0.2, 0.25) is 0 Å². The van der Waals surface area contributed by atoms with Gasteiger partial charge in [0.05, 0.1) is 12.1 Å². The number of unbranched alkanes of at least 4 members (excludes halogenated alkanes) is 2. The monoisotopic (exact) mass is 275 g/mol. The molecule has 2 unspecified atom stereocenters. The number of hydrogen-bond donors (Lipinski definition) is 1. The molecule has 112 valence electrons. The van der Waals surface area contributed by atoms with E-state index in [1.54, 1.807) is 0 Å². The molecule has 0 spiro atoms. The van der Waals surface area contributed by atoms with E-state index in [1.807, 2.05) is 0 Å². The van der Waals surface area contributed by atoms with Crippen LogP contribution in [0.25, 0.3) is 0 Å². The summed E-state index contributed by atoms with van der Waals surface area (Å²) in [6.07, 6.45) is 7.63. The first kappa shape index (κ1) is 15.5. The van der Waals surface area contributed by atoms with Crippen LogP contribution in [0.15, 0.2) is 24.3 Å². The highest BCUT2D eigenvalue weighted by Gasteiger charge is 2.27. The van der Waals surface area contributed by atoms with Crippen molar-refractivity contribution in [3.05, 3.63) is 35.4 Å². The zero-order valence-electron chi connectivity index (χ0n) is 13.0. The number of fused-ring (bicyclic) bond motifs is 1. The molecule has 2 atom stereocenters. The van der Waals surface area contributed by atoms with E-state index in [1.165, 1.54) is 49.7 Å². The molecule has 0 saturated heterocycles. The molecular formula is C18H29NO. The highest BCUT2D eigenvalue weighted by atomic mass is 16.5. The van der Waals surface area contributed by atoms with Crippen LogP contribution >= 0.6 is 0 Å². The molecule has 1 aromatic carbocycles. The number of aryl methyl sites for hydroxylation is 1. The molecule has 0 saturated carbocycles. The number of benzene rings is 1. The van der Waals surface area contributed by atoms with Crippen molar-refractivity contribution in [3.63, 3.8) is 0 Å². The second-order valence-corrected chi connectivity index (χ2v) is 5.74. The number of ether oxygens (including phenoxy) is 1. The Morgan fingerprint density at radius 3 is 2.85 bits per heavy atom. The van der Waals surface area contributed by atoms with Crippen LogP contribution < -0.4 is 5.32 Å². The molecule has 1 N–H and O–H groups in total. The number of likely N-dealkylation sites (N-methyl/N-ethyl adjacent to an activating group) is 1. The fourth-order valence-electron chi connectivity index (χ4n) is 3.15. The van der Waals surface area contributed by atoms with Gasteiger partial charge >= 0.3 is 0 Å². The second-order valence-electron chi connectivity index (χ2n) is 5.74. The lowest BCUT2D eigenvalue weighted by molar-refractivity contribution is 0.0193. The largest absolute Gasteiger partial charge is 0.376 e. The molecule has 0 aliphatic heterocycles. The number of hydrogen-bond acceptors (Lipinski definition) is 2. The molecule has 0 bridgehead atoms. The summed E-state index contributed by atoms with van der Waals surface area (Å²) in [7, 11) is 0. The number of rotatable bonds is 7. The van der Waals surface area contributed by atoms with Gasteiger partial charge in [-0.05, 0) is 43.4 Å². The maximum absolute atomic E-state index is 6.22. The summed E-state index contributed by atoms with van der Waals surface area (Å²) in [4.78, 5) is 0. The van der Waals surface area contributed by atoms with Crippen LogP contribution in [0.1, 0.15) is 63.1 Å². The van der Waals surface area contributed by atoms with Crippen molar-refractivity contribution < 1.29 is 4.74 Å². The highest BCUT2D eigenvalue weighted by molar-refractivity contribution is 5.32. The summed E-state index contributed by atoms with van der Waals surface area (Å²) >= 11 is 0. The van der Waals surface area contributed by atoms with E-state index in [0.717, 1.165) is 13.2 Å². The molecule has 1 aliphatic rings. The first-order valence-corrected chi connectivity index (χ1v) is 8.29. The van der Waals surface area contributed by atoms with Crippen molar-refractivity contribution in [2.24, 2.45) is 0 Å². The molecule has 2 heteroatoms. The van der Waals surface area contributed by atoms with E-state index in [9.17, 15) is 0 Å². The van der Waals surface area contributed by atoms with Crippen molar-refractivity contribution >= 4 is 0 Å². The van der Waals surface area contributed by atoms with Gasteiger partial charge in [-0.25, -0.2) is 0 Å². The minimum Gasteiger partial charge on any atom is -0.376 e. The van der Waals surface area contributed by atoms with E-state index in [-0.39, 0.29) is 0 Å². The molecule has 0 amide bonds. The van der Waals surface area contributed by atoms with Crippen molar-refractivity contribution in [1.82, 2.24) is 5.32 Å². The van der Waals surface area contributed by atoms with Crippen molar-refractivity contribution in [1.29, 1.82) is 0 Å². The molecule has 2 nitrogen and oxygen atoms in total. The molecule has 1 aromatic rings. The lowest BCUT2D eigenvalue weighted by atomic mass is 9.97. The van der Waals surface area contributed by atoms with Gasteiger partial charge in [0.1, 0.15) is 0 Å². The third kappa shape index (κ3) is 4.07. The molecule has 2 rings (SSSR count). The fraction of sp³-hybridized carbons (Fsp3) is 0.667. The Morgan fingerprint density at radius 1 is 1.20 bits per heavy atom. The highest BCUT2D eigenvalue weighted by Crippen LogP contribution is 2.30. The Kier molecular flexibility index (Phi) is 6.55. The summed E-state index contributed by atoms with van der Waals surface area (Å²) in [5, 5.41) is 3.65. The summed E-state index contributed by atoms with van der Waals surface area (Å²) < 4.78 is 6.22. The molecule has 0 fully saturated rings. The summed E-state index contributed by atoms with van der Waals surface area (Å²) in [6.45, 7) is 6.32. The minimum atomic E-state index is 0.329. The summed E-state index contributed by atoms with van der Waals surface area (Å²) in [5.74, 6) is 0. The minimum absolute atomic E-state index is 0.329. The van der Waals surface area contributed by atoms with E-state index in [0.29, 0.717) is 12.1 Å². The maximum atomic E-state index is 6.22. The SMILES string of the molecule is CCCCCOC1CCCc2ccccc2C1NCC. The van der Waals surface area contributed by atoms with Crippen LogP contribution in [0.5, 0.6) is 0 Å². The van der Waals surface area contributed by atoms with Crippen LogP contribution in [-0.4, -0.2) is 19.3 Å². The van der Waals surface area contributed by atoms with E-state index < -0.39 is 0 Å². The zero-order chi connectivity index (χ0) is 14.2. The van der Waals surface area contributed by atoms with E-state index in [2.05, 4.69) is 43.4 Å². The van der Waals surface area contributed by atoms with Crippen LogP contribution in [0.3, 0.4) is 0 Å². The number of nitrogens with one attached hydrogen (secondary N) is 1. The van der Waals surface area contributed by atoms with Gasteiger partial charge in [0.15, 0.2) is 0 Å². The third-order valence-corrected chi connectivity index (χ3v) is 4.20. The Morgan fingerprint density at radius 2 is 2.05 bits per heavy atom. The van der Waals surface area contributed by atoms with E-state index in [4.69, 9.17) is 4.74 Å². The molecule has 0 heterocycles. The zero-order valence-corrected chi connectivity index (χ0v) is 13.0. The van der Waals surface area contributed by atoms with Gasteiger partial charge in [0.25, 0.3) is 0 Å². The van der Waals surface area contributed by atoms with Gasteiger partial charge in [-0.3, -0.25) is 0 Å². The average molecular weight is 275 g/mol. The predicted octanol–water partition coefficient (Wildman–Crippen LogP) is 4.25. The topological polar surface area (TPSA) is 21.3 Å². The lowest BCUT2D eigenvalue weighted by Gasteiger charge is -2.27. The first-order valence-electron chi connectivity index (χ1n) is 8.29. The van der Waals surface area contributed by atoms with Crippen LogP contribution in [0, 0.1) is 0 Å². The Bertz CT molecular complexity index is 391. The van der Waals surface area contributed by atoms with Crippen LogP contribution in [-0.2, 0) is 11.2 Å². The normalized spacial score (nSPS) is 22.3. The van der Waals surface area contributed by atoms with Gasteiger partial charge in [-0.15, -0.1) is 0 Å². The summed E-state index contributed by atoms with van der Waals surface area (Å²) in [6, 6.07) is 9.22. The van der Waals surface area contributed by atoms with Gasteiger partial charge in [-0.2, -0.15) is 0 Å². The van der Waals surface area contributed by atoms with Crippen molar-refractivity contribution in [2.75, 3.05) is 13.2 Å². The third-order valence-electron chi connectivity index (χ3n) is 4.20. The van der Waals surface area contributed by atoms with Crippen molar-refractivity contribution in [2.45, 2.75) is 64.5 Å². The first-order chi connectivity index (χ1) is 9.86.